The van der Waals surface area contributed by atoms with Crippen molar-refractivity contribution in [2.24, 2.45) is 0 Å². The van der Waals surface area contributed by atoms with Gasteiger partial charge in [-0.15, -0.1) is 20.4 Å². The maximum absolute atomic E-state index is 5.51. The molecular weight excluding hydrogens is 314 g/mol. The van der Waals surface area contributed by atoms with E-state index in [-0.39, 0.29) is 0 Å². The SMILES string of the molecule is Cc1ccc(CNc2nnc(-c3nnc(C)o3)c3ccccc23)cc1. The van der Waals surface area contributed by atoms with Crippen LogP contribution in [0.4, 0.5) is 5.82 Å². The number of nitrogens with zero attached hydrogens (tertiary/aromatic N) is 4. The smallest absolute Gasteiger partial charge is 0.268 e. The molecule has 6 nitrogen and oxygen atoms in total. The second-order valence-corrected chi connectivity index (χ2v) is 5.91. The van der Waals surface area contributed by atoms with Gasteiger partial charge in [-0.1, -0.05) is 54.1 Å². The van der Waals surface area contributed by atoms with Gasteiger partial charge in [-0.25, -0.2) is 0 Å². The van der Waals surface area contributed by atoms with E-state index in [4.69, 9.17) is 4.42 Å². The van der Waals surface area contributed by atoms with Gasteiger partial charge in [0.1, 0.15) is 0 Å². The maximum atomic E-state index is 5.51. The average Bonchev–Trinajstić information content (AvgIpc) is 3.07. The first-order chi connectivity index (χ1) is 12.2. The van der Waals surface area contributed by atoms with Gasteiger partial charge in [0.25, 0.3) is 5.89 Å². The molecule has 124 valence electrons. The van der Waals surface area contributed by atoms with Crippen LogP contribution in [0.15, 0.2) is 52.9 Å². The highest BCUT2D eigenvalue weighted by atomic mass is 16.4. The zero-order chi connectivity index (χ0) is 17.2. The van der Waals surface area contributed by atoms with Crippen LogP contribution in [0, 0.1) is 13.8 Å². The topological polar surface area (TPSA) is 76.7 Å². The van der Waals surface area contributed by atoms with Crippen LogP contribution in [0.1, 0.15) is 17.0 Å². The monoisotopic (exact) mass is 331 g/mol. The zero-order valence-corrected chi connectivity index (χ0v) is 14.0. The Labute approximate surface area is 144 Å². The van der Waals surface area contributed by atoms with E-state index in [1.807, 2.05) is 24.3 Å². The highest BCUT2D eigenvalue weighted by molar-refractivity contribution is 5.98. The Morgan fingerprint density at radius 2 is 1.60 bits per heavy atom. The van der Waals surface area contributed by atoms with Gasteiger partial charge in [-0.05, 0) is 12.5 Å². The first-order valence-electron chi connectivity index (χ1n) is 8.06. The molecule has 1 N–H and O–H groups in total. The minimum absolute atomic E-state index is 0.381. The minimum Gasteiger partial charge on any atom is -0.420 e. The number of hydrogen-bond acceptors (Lipinski definition) is 6. The zero-order valence-electron chi connectivity index (χ0n) is 14.0. The third-order valence-electron chi connectivity index (χ3n) is 4.00. The standard InChI is InChI=1S/C19H17N5O/c1-12-7-9-14(10-8-12)11-20-18-16-6-4-3-5-15(16)17(22-23-18)19-24-21-13(2)25-19/h3-10H,11H2,1-2H3,(H,20,23). The average molecular weight is 331 g/mol. The van der Waals surface area contributed by atoms with Gasteiger partial charge in [0, 0.05) is 24.2 Å². The van der Waals surface area contributed by atoms with Gasteiger partial charge in [0.2, 0.25) is 5.89 Å². The summed E-state index contributed by atoms with van der Waals surface area (Å²) in [4.78, 5) is 0. The minimum atomic E-state index is 0.381. The van der Waals surface area contributed by atoms with Crippen molar-refractivity contribution in [1.29, 1.82) is 0 Å². The summed E-state index contributed by atoms with van der Waals surface area (Å²) >= 11 is 0. The molecule has 25 heavy (non-hydrogen) atoms. The molecule has 0 saturated carbocycles. The molecule has 2 aromatic heterocycles. The summed E-state index contributed by atoms with van der Waals surface area (Å²) in [7, 11) is 0. The van der Waals surface area contributed by atoms with Crippen LogP contribution in [0.5, 0.6) is 0 Å². The summed E-state index contributed by atoms with van der Waals surface area (Å²) < 4.78 is 5.51. The molecule has 0 aliphatic heterocycles. The van der Waals surface area contributed by atoms with Crippen LogP contribution < -0.4 is 5.32 Å². The molecule has 0 saturated heterocycles. The van der Waals surface area contributed by atoms with Gasteiger partial charge in [-0.3, -0.25) is 0 Å². The number of nitrogens with one attached hydrogen (secondary N) is 1. The largest absolute Gasteiger partial charge is 0.420 e. The van der Waals surface area contributed by atoms with E-state index in [0.717, 1.165) is 16.6 Å². The Morgan fingerprint density at radius 3 is 2.32 bits per heavy atom. The van der Waals surface area contributed by atoms with Crippen LogP contribution >= 0.6 is 0 Å². The number of rotatable bonds is 4. The molecule has 4 rings (SSSR count). The molecule has 0 fully saturated rings. The van der Waals surface area contributed by atoms with Gasteiger partial charge in [0.15, 0.2) is 11.5 Å². The summed E-state index contributed by atoms with van der Waals surface area (Å²) in [5.41, 5.74) is 3.03. The molecule has 0 bridgehead atoms. The summed E-state index contributed by atoms with van der Waals surface area (Å²) in [5.74, 6) is 1.62. The fourth-order valence-corrected chi connectivity index (χ4v) is 2.68. The van der Waals surface area contributed by atoms with Gasteiger partial charge in [-0.2, -0.15) is 0 Å². The Balaban J connectivity index is 1.69. The van der Waals surface area contributed by atoms with E-state index in [1.165, 1.54) is 11.1 Å². The van der Waals surface area contributed by atoms with Crippen molar-refractivity contribution in [3.63, 3.8) is 0 Å². The second-order valence-electron chi connectivity index (χ2n) is 5.91. The number of aromatic nitrogens is 4. The molecule has 0 aliphatic carbocycles. The number of aryl methyl sites for hydroxylation is 2. The summed E-state index contributed by atoms with van der Waals surface area (Å²) in [5, 5.41) is 21.8. The van der Waals surface area contributed by atoms with Crippen molar-refractivity contribution in [2.45, 2.75) is 20.4 Å². The highest BCUT2D eigenvalue weighted by Crippen LogP contribution is 2.29. The van der Waals surface area contributed by atoms with Crippen molar-refractivity contribution in [3.8, 4) is 11.6 Å². The van der Waals surface area contributed by atoms with Crippen LogP contribution in [-0.2, 0) is 6.54 Å². The van der Waals surface area contributed by atoms with E-state index in [1.54, 1.807) is 6.92 Å². The van der Waals surface area contributed by atoms with Crippen LogP contribution in [0.25, 0.3) is 22.4 Å². The van der Waals surface area contributed by atoms with E-state index in [0.29, 0.717) is 24.0 Å². The van der Waals surface area contributed by atoms with Crippen LogP contribution in [0.2, 0.25) is 0 Å². The second kappa shape index (κ2) is 6.32. The Kier molecular flexibility index (Phi) is 3.85. The molecule has 0 aliphatic rings. The van der Waals surface area contributed by atoms with E-state index in [2.05, 4.69) is 56.9 Å². The third-order valence-corrected chi connectivity index (χ3v) is 4.00. The Hall–Kier alpha value is -3.28. The molecule has 0 unspecified atom stereocenters. The number of anilines is 1. The molecule has 0 spiro atoms. The van der Waals surface area contributed by atoms with E-state index >= 15 is 0 Å². The van der Waals surface area contributed by atoms with Crippen molar-refractivity contribution in [2.75, 3.05) is 5.32 Å². The van der Waals surface area contributed by atoms with Gasteiger partial charge >= 0.3 is 0 Å². The fraction of sp³-hybridized carbons (Fsp3) is 0.158. The molecule has 0 amide bonds. The first kappa shape index (κ1) is 15.3. The third kappa shape index (κ3) is 3.06. The number of hydrogen-bond donors (Lipinski definition) is 1. The lowest BCUT2D eigenvalue weighted by molar-refractivity contribution is 0.531. The molecule has 4 aromatic rings. The number of benzene rings is 2. The predicted octanol–water partition coefficient (Wildman–Crippen LogP) is 3.91. The van der Waals surface area contributed by atoms with Crippen molar-refractivity contribution < 1.29 is 4.42 Å². The molecular formula is C19H17N5O. The predicted molar refractivity (Wildman–Crippen MR) is 96.1 cm³/mol. The Morgan fingerprint density at radius 1 is 0.840 bits per heavy atom. The normalized spacial score (nSPS) is 11.0. The lowest BCUT2D eigenvalue weighted by Gasteiger charge is -2.10. The quantitative estimate of drug-likeness (QED) is 0.611. The van der Waals surface area contributed by atoms with Crippen molar-refractivity contribution >= 4 is 16.6 Å². The maximum Gasteiger partial charge on any atom is 0.268 e. The summed E-state index contributed by atoms with van der Waals surface area (Å²) in [6.07, 6.45) is 0. The van der Waals surface area contributed by atoms with Crippen molar-refractivity contribution in [3.05, 3.63) is 65.5 Å². The summed E-state index contributed by atoms with van der Waals surface area (Å²) in [6.45, 7) is 4.51. The molecule has 2 heterocycles. The highest BCUT2D eigenvalue weighted by Gasteiger charge is 2.15. The van der Waals surface area contributed by atoms with E-state index in [9.17, 15) is 0 Å². The first-order valence-corrected chi connectivity index (χ1v) is 8.06. The summed E-state index contributed by atoms with van der Waals surface area (Å²) in [6, 6.07) is 16.3. The Bertz CT molecular complexity index is 1020. The molecule has 6 heteroatoms. The van der Waals surface area contributed by atoms with E-state index < -0.39 is 0 Å². The molecule has 0 atom stereocenters. The number of fused-ring (bicyclic) bond motifs is 1. The molecule has 0 radical (unpaired) electrons. The van der Waals surface area contributed by atoms with Gasteiger partial charge < -0.3 is 9.73 Å². The fourth-order valence-electron chi connectivity index (χ4n) is 2.68. The lowest BCUT2D eigenvalue weighted by atomic mass is 10.1. The van der Waals surface area contributed by atoms with Crippen molar-refractivity contribution in [1.82, 2.24) is 20.4 Å². The lowest BCUT2D eigenvalue weighted by Crippen LogP contribution is -2.04. The van der Waals surface area contributed by atoms with Crippen LogP contribution in [0.3, 0.4) is 0 Å². The van der Waals surface area contributed by atoms with Crippen LogP contribution in [-0.4, -0.2) is 20.4 Å². The van der Waals surface area contributed by atoms with Gasteiger partial charge in [0.05, 0.1) is 0 Å². The molecule has 2 aromatic carbocycles.